The van der Waals surface area contributed by atoms with E-state index in [0.717, 1.165) is 18.4 Å². The quantitative estimate of drug-likeness (QED) is 0.308. The Hall–Kier alpha value is -1.66. The first kappa shape index (κ1) is 20.6. The van der Waals surface area contributed by atoms with Crippen molar-refractivity contribution in [2.24, 2.45) is 0 Å². The van der Waals surface area contributed by atoms with Crippen LogP contribution in [-0.4, -0.2) is 23.3 Å². The topological polar surface area (TPSA) is 55.4 Å². The van der Waals surface area contributed by atoms with Crippen LogP contribution in [0.1, 0.15) is 40.5 Å². The second kappa shape index (κ2) is 10.5. The monoisotopic (exact) mass is 481 g/mol. The van der Waals surface area contributed by atoms with Crippen LogP contribution in [0.2, 0.25) is 0 Å². The summed E-state index contributed by atoms with van der Waals surface area (Å²) in [5.74, 6) is -0.583. The minimum absolute atomic E-state index is 0.175. The van der Waals surface area contributed by atoms with Gasteiger partial charge in [0.2, 0.25) is 5.91 Å². The van der Waals surface area contributed by atoms with Gasteiger partial charge in [-0.25, -0.2) is 4.79 Å². The van der Waals surface area contributed by atoms with Crippen LogP contribution in [0.25, 0.3) is 0 Å². The summed E-state index contributed by atoms with van der Waals surface area (Å²) in [5.41, 5.74) is 1.97. The van der Waals surface area contributed by atoms with E-state index in [1.807, 2.05) is 37.3 Å². The van der Waals surface area contributed by atoms with Crippen LogP contribution < -0.4 is 5.32 Å². The van der Waals surface area contributed by atoms with Gasteiger partial charge in [0.15, 0.2) is 0 Å². The first-order valence-electron chi connectivity index (χ1n) is 8.44. The molecule has 4 nitrogen and oxygen atoms in total. The predicted octanol–water partition coefficient (Wildman–Crippen LogP) is 5.48. The number of unbranched alkanes of at least 4 members (excludes halogenated alkanes) is 1. The first-order valence-corrected chi connectivity index (χ1v) is 10.3. The second-order valence-electron chi connectivity index (χ2n) is 5.77. The fourth-order valence-corrected chi connectivity index (χ4v) is 3.23. The largest absolute Gasteiger partial charge is 0.462 e. The van der Waals surface area contributed by atoms with Crippen molar-refractivity contribution in [1.29, 1.82) is 0 Å². The third kappa shape index (κ3) is 5.95. The van der Waals surface area contributed by atoms with E-state index in [2.05, 4.69) is 37.2 Å². The molecular formula is C20H21Br2NO3. The number of anilines is 1. The lowest BCUT2D eigenvalue weighted by Crippen LogP contribution is -2.26. The van der Waals surface area contributed by atoms with Gasteiger partial charge in [-0.15, -0.1) is 0 Å². The number of hydrogen-bond acceptors (Lipinski definition) is 3. The normalized spacial score (nSPS) is 12.9. The van der Waals surface area contributed by atoms with Gasteiger partial charge in [-0.2, -0.15) is 0 Å². The van der Waals surface area contributed by atoms with Crippen LogP contribution in [0.4, 0.5) is 5.69 Å². The number of rotatable bonds is 8. The van der Waals surface area contributed by atoms with Crippen molar-refractivity contribution in [2.75, 3.05) is 11.9 Å². The molecule has 0 heterocycles. The lowest BCUT2D eigenvalue weighted by atomic mass is 10.1. The van der Waals surface area contributed by atoms with Crippen LogP contribution in [0, 0.1) is 0 Å². The maximum Gasteiger partial charge on any atom is 0.338 e. The highest BCUT2D eigenvalue weighted by molar-refractivity contribution is 9.12. The molecule has 6 heteroatoms. The van der Waals surface area contributed by atoms with Crippen molar-refractivity contribution in [2.45, 2.75) is 29.4 Å². The summed E-state index contributed by atoms with van der Waals surface area (Å²) >= 11 is 7.00. The van der Waals surface area contributed by atoms with Gasteiger partial charge in [-0.05, 0) is 30.2 Å². The van der Waals surface area contributed by atoms with E-state index < -0.39 is 4.83 Å². The Morgan fingerprint density at radius 2 is 1.81 bits per heavy atom. The molecule has 0 aliphatic rings. The van der Waals surface area contributed by atoms with E-state index in [9.17, 15) is 9.59 Å². The number of hydrogen-bond donors (Lipinski definition) is 1. The number of ether oxygens (including phenoxy) is 1. The van der Waals surface area contributed by atoms with E-state index in [-0.39, 0.29) is 16.7 Å². The van der Waals surface area contributed by atoms with E-state index in [0.29, 0.717) is 17.9 Å². The molecule has 0 bridgehead atoms. The number of benzene rings is 2. The summed E-state index contributed by atoms with van der Waals surface area (Å²) in [6.45, 7) is 2.44. The van der Waals surface area contributed by atoms with Crippen LogP contribution in [0.15, 0.2) is 54.6 Å². The Balaban J connectivity index is 2.00. The molecule has 2 aromatic carbocycles. The van der Waals surface area contributed by atoms with Crippen LogP contribution in [0.3, 0.4) is 0 Å². The van der Waals surface area contributed by atoms with E-state index >= 15 is 0 Å². The van der Waals surface area contributed by atoms with Gasteiger partial charge in [0.1, 0.15) is 4.83 Å². The van der Waals surface area contributed by atoms with Gasteiger partial charge in [-0.3, -0.25) is 4.79 Å². The molecule has 2 unspecified atom stereocenters. The van der Waals surface area contributed by atoms with Crippen LogP contribution >= 0.6 is 31.9 Å². The number of carbonyl (C=O) groups is 2. The molecule has 2 atom stereocenters. The Kier molecular flexibility index (Phi) is 8.32. The van der Waals surface area contributed by atoms with Crippen molar-refractivity contribution < 1.29 is 14.3 Å². The zero-order chi connectivity index (χ0) is 18.9. The average Bonchev–Trinajstić information content (AvgIpc) is 2.67. The Morgan fingerprint density at radius 1 is 1.08 bits per heavy atom. The molecule has 138 valence electrons. The van der Waals surface area contributed by atoms with Crippen molar-refractivity contribution in [3.05, 3.63) is 65.7 Å². The molecule has 0 aromatic heterocycles. The van der Waals surface area contributed by atoms with E-state index in [1.54, 1.807) is 24.3 Å². The summed E-state index contributed by atoms with van der Waals surface area (Å²) in [7, 11) is 0. The maximum atomic E-state index is 12.5. The Bertz CT molecular complexity index is 737. The zero-order valence-electron chi connectivity index (χ0n) is 14.5. The molecular weight excluding hydrogens is 462 g/mol. The second-order valence-corrected chi connectivity index (χ2v) is 7.75. The highest BCUT2D eigenvalue weighted by Crippen LogP contribution is 2.31. The molecule has 0 aliphatic heterocycles. The van der Waals surface area contributed by atoms with Gasteiger partial charge < -0.3 is 10.1 Å². The van der Waals surface area contributed by atoms with Crippen molar-refractivity contribution >= 4 is 49.4 Å². The van der Waals surface area contributed by atoms with Crippen molar-refractivity contribution in [3.63, 3.8) is 0 Å². The summed E-state index contributed by atoms with van der Waals surface area (Å²) in [6, 6.07) is 16.4. The Labute approximate surface area is 170 Å². The van der Waals surface area contributed by atoms with E-state index in [1.165, 1.54) is 0 Å². The predicted molar refractivity (Wildman–Crippen MR) is 111 cm³/mol. The molecule has 0 saturated carbocycles. The summed E-state index contributed by atoms with van der Waals surface area (Å²) in [6.07, 6.45) is 1.80. The fourth-order valence-electron chi connectivity index (χ4n) is 2.27. The average molecular weight is 483 g/mol. The minimum atomic E-state index is -0.468. The smallest absolute Gasteiger partial charge is 0.338 e. The molecule has 0 aliphatic carbocycles. The molecule has 1 N–H and O–H groups in total. The number of carbonyl (C=O) groups excluding carboxylic acids is 2. The van der Waals surface area contributed by atoms with Gasteiger partial charge in [0.25, 0.3) is 0 Å². The lowest BCUT2D eigenvalue weighted by Gasteiger charge is -2.17. The van der Waals surface area contributed by atoms with Crippen LogP contribution in [0.5, 0.6) is 0 Å². The fraction of sp³-hybridized carbons (Fsp3) is 0.300. The van der Waals surface area contributed by atoms with Crippen molar-refractivity contribution in [3.8, 4) is 0 Å². The molecule has 1 amide bonds. The van der Waals surface area contributed by atoms with E-state index in [4.69, 9.17) is 4.74 Å². The molecule has 26 heavy (non-hydrogen) atoms. The standard InChI is InChI=1S/C20H21Br2NO3/c1-2-3-12-26-20(25)15-10-7-11-16(13-15)23-19(24)18(22)17(21)14-8-5-4-6-9-14/h4-11,13,17-18H,2-3,12H2,1H3,(H,23,24). The zero-order valence-corrected chi connectivity index (χ0v) is 17.6. The maximum absolute atomic E-state index is 12.5. The lowest BCUT2D eigenvalue weighted by molar-refractivity contribution is -0.115. The van der Waals surface area contributed by atoms with Gasteiger partial charge in [0.05, 0.1) is 17.0 Å². The molecule has 2 rings (SSSR count). The SMILES string of the molecule is CCCCOC(=O)c1cccc(NC(=O)C(Br)C(Br)c2ccccc2)c1. The van der Waals surface area contributed by atoms with Gasteiger partial charge in [-0.1, -0.05) is 81.6 Å². The number of nitrogens with one attached hydrogen (secondary N) is 1. The summed E-state index contributed by atoms with van der Waals surface area (Å²) < 4.78 is 5.20. The third-order valence-electron chi connectivity index (χ3n) is 3.72. The van der Waals surface area contributed by atoms with Crippen LogP contribution in [-0.2, 0) is 9.53 Å². The van der Waals surface area contributed by atoms with Gasteiger partial charge >= 0.3 is 5.97 Å². The van der Waals surface area contributed by atoms with Gasteiger partial charge in [0, 0.05) is 5.69 Å². The molecule has 2 aromatic rings. The number of alkyl halides is 2. The third-order valence-corrected chi connectivity index (χ3v) is 6.43. The highest BCUT2D eigenvalue weighted by atomic mass is 79.9. The number of halogens is 2. The summed E-state index contributed by atoms with van der Waals surface area (Å²) in [5, 5.41) is 2.83. The highest BCUT2D eigenvalue weighted by Gasteiger charge is 2.25. The molecule has 0 spiro atoms. The first-order chi connectivity index (χ1) is 12.5. The molecule has 0 fully saturated rings. The Morgan fingerprint density at radius 3 is 2.50 bits per heavy atom. The number of amides is 1. The van der Waals surface area contributed by atoms with Crippen molar-refractivity contribution in [1.82, 2.24) is 0 Å². The molecule has 0 radical (unpaired) electrons. The minimum Gasteiger partial charge on any atom is -0.462 e. The number of esters is 1. The molecule has 0 saturated heterocycles. The summed E-state index contributed by atoms with van der Waals surface area (Å²) in [4.78, 5) is 23.9.